The summed E-state index contributed by atoms with van der Waals surface area (Å²) in [7, 11) is 0. The van der Waals surface area contributed by atoms with Crippen LogP contribution in [-0.2, 0) is 0 Å². The summed E-state index contributed by atoms with van der Waals surface area (Å²) in [6.45, 7) is 0. The zero-order valence-electron chi connectivity index (χ0n) is 32.6. The van der Waals surface area contributed by atoms with Crippen molar-refractivity contribution in [3.05, 3.63) is 218 Å². The summed E-state index contributed by atoms with van der Waals surface area (Å²) in [6, 6.07) is 78.1. The van der Waals surface area contributed by atoms with Crippen molar-refractivity contribution in [2.75, 3.05) is 0 Å². The fourth-order valence-electron chi connectivity index (χ4n) is 9.11. The Morgan fingerprint density at radius 2 is 0.783 bits per heavy atom. The fourth-order valence-corrected chi connectivity index (χ4v) is 9.11. The predicted molar refractivity (Wildman–Crippen MR) is 250 cm³/mol. The first kappa shape index (κ1) is 34.0. The van der Waals surface area contributed by atoms with Gasteiger partial charge >= 0.3 is 0 Å². The highest BCUT2D eigenvalue weighted by Crippen LogP contribution is 2.40. The maximum atomic E-state index is 5.16. The van der Waals surface area contributed by atoms with E-state index in [9.17, 15) is 0 Å². The molecule has 0 radical (unpaired) electrons. The van der Waals surface area contributed by atoms with Gasteiger partial charge < -0.3 is 9.13 Å². The molecule has 0 saturated carbocycles. The number of nitrogens with zero attached hydrogens (tertiary/aromatic N) is 4. The van der Waals surface area contributed by atoms with Gasteiger partial charge in [0, 0.05) is 49.3 Å². The molecule has 12 aromatic rings. The lowest BCUT2D eigenvalue weighted by Gasteiger charge is -2.13. The van der Waals surface area contributed by atoms with Gasteiger partial charge in [-0.1, -0.05) is 170 Å². The molecule has 0 aliphatic rings. The second-order valence-corrected chi connectivity index (χ2v) is 15.4. The van der Waals surface area contributed by atoms with Crippen LogP contribution < -0.4 is 0 Å². The van der Waals surface area contributed by atoms with Crippen molar-refractivity contribution >= 4 is 54.4 Å². The third-order valence-corrected chi connectivity index (χ3v) is 11.9. The van der Waals surface area contributed by atoms with E-state index in [1.807, 2.05) is 24.3 Å². The maximum Gasteiger partial charge on any atom is 0.160 e. The molecule has 0 unspecified atom stereocenters. The Kier molecular flexibility index (Phi) is 7.82. The molecule has 12 rings (SSSR count). The van der Waals surface area contributed by atoms with E-state index in [0.29, 0.717) is 5.82 Å². The van der Waals surface area contributed by atoms with Crippen molar-refractivity contribution in [1.82, 2.24) is 19.1 Å². The van der Waals surface area contributed by atoms with E-state index in [4.69, 9.17) is 9.97 Å². The van der Waals surface area contributed by atoms with Crippen molar-refractivity contribution in [2.24, 2.45) is 0 Å². The van der Waals surface area contributed by atoms with Crippen LogP contribution >= 0.6 is 0 Å². The summed E-state index contributed by atoms with van der Waals surface area (Å²) in [4.78, 5) is 10.2. The normalized spacial score (nSPS) is 11.7. The highest BCUT2D eigenvalue weighted by Gasteiger charge is 2.18. The standard InChI is InChI=1S/C56H36N4/c1-3-16-38(17-4-1)49-36-50(58-56(57-49)39-18-5-2-6-19-39)42-21-13-22-43(33-42)59-52-26-11-9-24-45(52)47-31-29-40(34-54(47)59)41-30-32-48-46-25-10-12-27-53(46)60(55(48)35-41)51-28-14-20-37-15-7-8-23-44(37)51/h1-36H. The van der Waals surface area contributed by atoms with Gasteiger partial charge in [0.2, 0.25) is 0 Å². The van der Waals surface area contributed by atoms with Gasteiger partial charge in [-0.05, 0) is 65.0 Å². The average Bonchev–Trinajstić information content (AvgIpc) is 3.84. The summed E-state index contributed by atoms with van der Waals surface area (Å²) in [6.07, 6.45) is 0. The van der Waals surface area contributed by atoms with Gasteiger partial charge in [0.1, 0.15) is 0 Å². The summed E-state index contributed by atoms with van der Waals surface area (Å²) in [5, 5.41) is 7.38. The van der Waals surface area contributed by atoms with E-state index >= 15 is 0 Å². The molecule has 0 bridgehead atoms. The minimum absolute atomic E-state index is 0.704. The minimum atomic E-state index is 0.704. The molecule has 0 saturated heterocycles. The van der Waals surface area contributed by atoms with Crippen LogP contribution in [0.4, 0.5) is 0 Å². The molecule has 0 fully saturated rings. The molecule has 60 heavy (non-hydrogen) atoms. The smallest absolute Gasteiger partial charge is 0.160 e. The van der Waals surface area contributed by atoms with Crippen LogP contribution in [0.3, 0.4) is 0 Å². The largest absolute Gasteiger partial charge is 0.309 e. The van der Waals surface area contributed by atoms with Gasteiger partial charge in [-0.2, -0.15) is 0 Å². The summed E-state index contributed by atoms with van der Waals surface area (Å²) < 4.78 is 4.85. The van der Waals surface area contributed by atoms with E-state index < -0.39 is 0 Å². The molecule has 0 N–H and O–H groups in total. The van der Waals surface area contributed by atoms with Crippen molar-refractivity contribution in [3.8, 4) is 56.4 Å². The van der Waals surface area contributed by atoms with E-state index in [2.05, 4.69) is 203 Å². The molecule has 3 aromatic heterocycles. The van der Waals surface area contributed by atoms with Gasteiger partial charge in [0.05, 0.1) is 39.1 Å². The summed E-state index contributed by atoms with van der Waals surface area (Å²) >= 11 is 0. The summed E-state index contributed by atoms with van der Waals surface area (Å²) in [5.74, 6) is 0.704. The van der Waals surface area contributed by atoms with Gasteiger partial charge in [0.15, 0.2) is 5.82 Å². The maximum absolute atomic E-state index is 5.16. The Morgan fingerprint density at radius 1 is 0.283 bits per heavy atom. The van der Waals surface area contributed by atoms with E-state index in [1.54, 1.807) is 0 Å². The lowest BCUT2D eigenvalue weighted by molar-refractivity contribution is 1.16. The SMILES string of the molecule is c1ccc(-c2cc(-c3cccc(-n4c5ccccc5c5ccc(-c6ccc7c8ccccc8n(-c8cccc9ccccc89)c7c6)cc54)c3)nc(-c3ccccc3)n2)cc1. The third kappa shape index (κ3) is 5.53. The average molecular weight is 765 g/mol. The van der Waals surface area contributed by atoms with Crippen LogP contribution in [0, 0.1) is 0 Å². The highest BCUT2D eigenvalue weighted by molar-refractivity contribution is 6.13. The van der Waals surface area contributed by atoms with Crippen molar-refractivity contribution < 1.29 is 0 Å². The predicted octanol–water partition coefficient (Wildman–Crippen LogP) is 14.5. The lowest BCUT2D eigenvalue weighted by atomic mass is 10.0. The molecule has 0 amide bonds. The fraction of sp³-hybridized carbons (Fsp3) is 0. The Balaban J connectivity index is 1.04. The molecule has 0 aliphatic carbocycles. The molecule has 4 nitrogen and oxygen atoms in total. The van der Waals surface area contributed by atoms with Gasteiger partial charge in [-0.15, -0.1) is 0 Å². The van der Waals surface area contributed by atoms with Crippen LogP contribution in [0.25, 0.3) is 111 Å². The van der Waals surface area contributed by atoms with Gasteiger partial charge in [-0.3, -0.25) is 0 Å². The number of fused-ring (bicyclic) bond motifs is 7. The molecule has 0 atom stereocenters. The van der Waals surface area contributed by atoms with E-state index in [0.717, 1.165) is 50.4 Å². The lowest BCUT2D eigenvalue weighted by Crippen LogP contribution is -1.98. The van der Waals surface area contributed by atoms with Crippen LogP contribution in [0.1, 0.15) is 0 Å². The zero-order chi connectivity index (χ0) is 39.6. The van der Waals surface area contributed by atoms with Gasteiger partial charge in [-0.25, -0.2) is 9.97 Å². The van der Waals surface area contributed by atoms with Crippen molar-refractivity contribution in [2.45, 2.75) is 0 Å². The first-order valence-electron chi connectivity index (χ1n) is 20.4. The minimum Gasteiger partial charge on any atom is -0.309 e. The molecule has 0 spiro atoms. The molecule has 4 heteroatoms. The first-order chi connectivity index (χ1) is 29.7. The first-order valence-corrected chi connectivity index (χ1v) is 20.4. The number of hydrogen-bond donors (Lipinski definition) is 0. The molecule has 9 aromatic carbocycles. The second kappa shape index (κ2) is 13.8. The second-order valence-electron chi connectivity index (χ2n) is 15.4. The quantitative estimate of drug-likeness (QED) is 0.169. The number of rotatable bonds is 6. The molecular formula is C56H36N4. The van der Waals surface area contributed by atoms with Crippen molar-refractivity contribution in [3.63, 3.8) is 0 Å². The third-order valence-electron chi connectivity index (χ3n) is 11.9. The zero-order valence-corrected chi connectivity index (χ0v) is 32.6. The Hall–Kier alpha value is -8.08. The Labute approximate surface area is 346 Å². The Bertz CT molecular complexity index is 3530. The molecule has 280 valence electrons. The van der Waals surface area contributed by atoms with Crippen LogP contribution in [0.2, 0.25) is 0 Å². The molecule has 3 heterocycles. The highest BCUT2D eigenvalue weighted by atomic mass is 15.0. The number of para-hydroxylation sites is 2. The van der Waals surface area contributed by atoms with Crippen LogP contribution in [0.5, 0.6) is 0 Å². The Morgan fingerprint density at radius 3 is 1.48 bits per heavy atom. The van der Waals surface area contributed by atoms with Crippen LogP contribution in [0.15, 0.2) is 218 Å². The molecule has 0 aliphatic heterocycles. The number of aromatic nitrogens is 4. The van der Waals surface area contributed by atoms with Crippen molar-refractivity contribution in [1.29, 1.82) is 0 Å². The van der Waals surface area contributed by atoms with E-state index in [1.165, 1.54) is 54.6 Å². The number of benzene rings is 9. The monoisotopic (exact) mass is 764 g/mol. The van der Waals surface area contributed by atoms with Gasteiger partial charge in [0.25, 0.3) is 0 Å². The summed E-state index contributed by atoms with van der Waals surface area (Å²) in [5.41, 5.74) is 14.1. The van der Waals surface area contributed by atoms with E-state index in [-0.39, 0.29) is 0 Å². The molecular weight excluding hydrogens is 729 g/mol. The number of hydrogen-bond acceptors (Lipinski definition) is 2. The topological polar surface area (TPSA) is 35.6 Å². The van der Waals surface area contributed by atoms with Crippen LogP contribution in [-0.4, -0.2) is 19.1 Å².